The molecule has 0 aromatic carbocycles. The van der Waals surface area contributed by atoms with Crippen molar-refractivity contribution in [3.63, 3.8) is 0 Å². The molecule has 1 atom stereocenters. The van der Waals surface area contributed by atoms with Crippen molar-refractivity contribution in [2.45, 2.75) is 59.4 Å². The number of ketones is 1. The number of nitrogens with zero attached hydrogens (tertiary/aromatic N) is 2. The van der Waals surface area contributed by atoms with Crippen molar-refractivity contribution < 1.29 is 31.9 Å². The Kier molecular flexibility index (Phi) is 8.51. The van der Waals surface area contributed by atoms with Gasteiger partial charge >= 0.3 is 12.3 Å². The van der Waals surface area contributed by atoms with E-state index in [1.807, 2.05) is 13.8 Å². The average molecular weight is 469 g/mol. The molecule has 0 aliphatic rings. The van der Waals surface area contributed by atoms with Crippen molar-refractivity contribution in [1.29, 1.82) is 0 Å². The average Bonchev–Trinajstić information content (AvgIpc) is 2.72. The molecule has 0 aliphatic heterocycles. The summed E-state index contributed by atoms with van der Waals surface area (Å²) in [5, 5.41) is 2.81. The van der Waals surface area contributed by atoms with Gasteiger partial charge in [-0.2, -0.15) is 8.78 Å². The van der Waals surface area contributed by atoms with E-state index in [9.17, 15) is 27.2 Å². The predicted octanol–water partition coefficient (Wildman–Crippen LogP) is 4.63. The number of carbonyl (C=O) groups excluding carboxylic acids is 2. The van der Waals surface area contributed by atoms with Crippen LogP contribution in [-0.4, -0.2) is 40.6 Å². The molecule has 180 valence electrons. The fraction of sp³-hybridized carbons (Fsp3) is 0.478. The van der Waals surface area contributed by atoms with E-state index in [1.54, 1.807) is 26.0 Å². The second-order valence-corrected chi connectivity index (χ2v) is 8.22. The topological polar surface area (TPSA) is 81.2 Å². The monoisotopic (exact) mass is 469 g/mol. The lowest BCUT2D eigenvalue weighted by atomic mass is 10.0. The smallest absolute Gasteiger partial charge is 0.340 e. The maximum atomic E-state index is 13.1. The van der Waals surface area contributed by atoms with Crippen LogP contribution in [0.5, 0.6) is 5.88 Å². The number of aromatic nitrogens is 2. The first kappa shape index (κ1) is 26.2. The van der Waals surface area contributed by atoms with Gasteiger partial charge in [-0.25, -0.2) is 13.8 Å². The van der Waals surface area contributed by atoms with Gasteiger partial charge in [0, 0.05) is 35.5 Å². The van der Waals surface area contributed by atoms with Crippen molar-refractivity contribution in [2.24, 2.45) is 5.92 Å². The molecule has 2 aromatic heterocycles. The van der Waals surface area contributed by atoms with Crippen LogP contribution >= 0.6 is 0 Å². The summed E-state index contributed by atoms with van der Waals surface area (Å²) in [5.41, 5.74) is 2.48. The summed E-state index contributed by atoms with van der Waals surface area (Å²) in [6.45, 7) is 7.14. The fourth-order valence-corrected chi connectivity index (χ4v) is 2.92. The third-order valence-electron chi connectivity index (χ3n) is 4.89. The van der Waals surface area contributed by atoms with E-state index in [2.05, 4.69) is 15.3 Å². The maximum absolute atomic E-state index is 13.1. The number of amides is 1. The number of nitrogens with one attached hydrogen (secondary N) is 1. The number of hydrogen-bond acceptors (Lipinski definition) is 5. The molecule has 2 heterocycles. The van der Waals surface area contributed by atoms with Crippen molar-refractivity contribution in [3.05, 3.63) is 52.5 Å². The normalized spacial score (nSPS) is 12.7. The van der Waals surface area contributed by atoms with Gasteiger partial charge in [0.25, 0.3) is 5.91 Å². The quantitative estimate of drug-likeness (QED) is 0.513. The summed E-state index contributed by atoms with van der Waals surface area (Å²) in [4.78, 5) is 32.9. The number of rotatable bonds is 10. The molecule has 0 radical (unpaired) electrons. The molecule has 0 spiro atoms. The molecule has 1 N–H and O–H groups in total. The Balaban J connectivity index is 2.10. The molecule has 6 nitrogen and oxygen atoms in total. The second-order valence-electron chi connectivity index (χ2n) is 8.22. The van der Waals surface area contributed by atoms with Gasteiger partial charge in [-0.15, -0.1) is 0 Å². The number of Topliss-reactive ketones (excluding diaryl/α,β-unsaturated/α-hetero) is 1. The summed E-state index contributed by atoms with van der Waals surface area (Å²) in [6, 6.07) is 4.52. The number of hydrogen-bond donors (Lipinski definition) is 1. The molecule has 0 saturated carbocycles. The first-order chi connectivity index (χ1) is 15.3. The van der Waals surface area contributed by atoms with Gasteiger partial charge < -0.3 is 10.1 Å². The van der Waals surface area contributed by atoms with Gasteiger partial charge in [0.2, 0.25) is 5.88 Å². The minimum atomic E-state index is -4.30. The molecular formula is C23H27F4N3O3. The molecule has 2 aromatic rings. The maximum Gasteiger partial charge on any atom is 0.340 e. The number of alkyl halides is 4. The molecule has 0 saturated heterocycles. The highest BCUT2D eigenvalue weighted by atomic mass is 19.3. The van der Waals surface area contributed by atoms with Crippen molar-refractivity contribution in [3.8, 4) is 5.88 Å². The molecule has 0 fully saturated rings. The van der Waals surface area contributed by atoms with Gasteiger partial charge in [-0.1, -0.05) is 13.8 Å². The van der Waals surface area contributed by atoms with Gasteiger partial charge in [0.1, 0.15) is 5.78 Å². The third-order valence-corrected chi connectivity index (χ3v) is 4.89. The third kappa shape index (κ3) is 7.23. The Hall–Kier alpha value is -3.04. The highest BCUT2D eigenvalue weighted by molar-refractivity contribution is 5.94. The zero-order valence-corrected chi connectivity index (χ0v) is 19.1. The minimum Gasteiger partial charge on any atom is -0.471 e. The summed E-state index contributed by atoms with van der Waals surface area (Å²) < 4.78 is 55.4. The Labute approximate surface area is 189 Å². The SMILES string of the molecule is Cc1cc(C(C)NC(=O)c2cnc(OCC(F)(F)C(F)F)c(C)c2)cc(CC(=O)C(C)C)n1. The fourth-order valence-electron chi connectivity index (χ4n) is 2.92. The Morgan fingerprint density at radius 1 is 1.12 bits per heavy atom. The van der Waals surface area contributed by atoms with E-state index in [0.29, 0.717) is 11.4 Å². The van der Waals surface area contributed by atoms with Crippen LogP contribution in [0.3, 0.4) is 0 Å². The van der Waals surface area contributed by atoms with Gasteiger partial charge in [0.15, 0.2) is 6.61 Å². The van der Waals surface area contributed by atoms with E-state index >= 15 is 0 Å². The Bertz CT molecular complexity index is 1010. The van der Waals surface area contributed by atoms with Crippen LogP contribution in [-0.2, 0) is 11.2 Å². The van der Waals surface area contributed by atoms with Crippen LogP contribution < -0.4 is 10.1 Å². The zero-order chi connectivity index (χ0) is 24.9. The summed E-state index contributed by atoms with van der Waals surface area (Å²) in [7, 11) is 0. The van der Waals surface area contributed by atoms with Crippen molar-refractivity contribution in [2.75, 3.05) is 6.61 Å². The lowest BCUT2D eigenvalue weighted by molar-refractivity contribution is -0.148. The predicted molar refractivity (Wildman–Crippen MR) is 114 cm³/mol. The summed E-state index contributed by atoms with van der Waals surface area (Å²) in [5.74, 6) is -5.09. The van der Waals surface area contributed by atoms with E-state index in [-0.39, 0.29) is 35.1 Å². The van der Waals surface area contributed by atoms with Crippen LogP contribution in [0, 0.1) is 19.8 Å². The van der Waals surface area contributed by atoms with Crippen LogP contribution in [0.2, 0.25) is 0 Å². The molecule has 2 rings (SSSR count). The molecule has 10 heteroatoms. The highest BCUT2D eigenvalue weighted by Crippen LogP contribution is 2.25. The first-order valence-electron chi connectivity index (χ1n) is 10.4. The number of aryl methyl sites for hydroxylation is 2. The van der Waals surface area contributed by atoms with E-state index in [4.69, 9.17) is 4.74 Å². The molecule has 1 unspecified atom stereocenters. The minimum absolute atomic E-state index is 0.0610. The molecule has 33 heavy (non-hydrogen) atoms. The summed E-state index contributed by atoms with van der Waals surface area (Å²) >= 11 is 0. The van der Waals surface area contributed by atoms with Gasteiger partial charge in [-0.3, -0.25) is 14.6 Å². The van der Waals surface area contributed by atoms with E-state index in [1.165, 1.54) is 13.0 Å². The standard InChI is InChI=1S/C23H27F4N3O3/c1-12(2)19(31)9-18-8-16(7-14(4)29-18)15(5)30-20(32)17-6-13(3)21(28-10-17)33-11-23(26,27)22(24)25/h6-8,10,12,15,22H,9,11H2,1-5H3,(H,30,32). The highest BCUT2D eigenvalue weighted by Gasteiger charge is 2.42. The van der Waals surface area contributed by atoms with Crippen molar-refractivity contribution >= 4 is 11.7 Å². The van der Waals surface area contributed by atoms with Crippen LogP contribution in [0.4, 0.5) is 17.6 Å². The Morgan fingerprint density at radius 2 is 1.79 bits per heavy atom. The van der Waals surface area contributed by atoms with E-state index in [0.717, 1.165) is 11.8 Å². The van der Waals surface area contributed by atoms with E-state index < -0.39 is 30.9 Å². The summed E-state index contributed by atoms with van der Waals surface area (Å²) in [6.07, 6.45) is -2.54. The zero-order valence-electron chi connectivity index (χ0n) is 19.1. The lowest BCUT2D eigenvalue weighted by Crippen LogP contribution is -2.34. The number of pyridine rings is 2. The molecule has 0 bridgehead atoms. The number of halogens is 4. The lowest BCUT2D eigenvalue weighted by Gasteiger charge is -2.18. The van der Waals surface area contributed by atoms with Crippen LogP contribution in [0.1, 0.15) is 59.7 Å². The second kappa shape index (κ2) is 10.7. The molecule has 1 amide bonds. The van der Waals surface area contributed by atoms with Crippen LogP contribution in [0.25, 0.3) is 0 Å². The van der Waals surface area contributed by atoms with Gasteiger partial charge in [-0.05, 0) is 44.5 Å². The van der Waals surface area contributed by atoms with Gasteiger partial charge in [0.05, 0.1) is 11.6 Å². The largest absolute Gasteiger partial charge is 0.471 e. The number of ether oxygens (including phenoxy) is 1. The van der Waals surface area contributed by atoms with Crippen molar-refractivity contribution in [1.82, 2.24) is 15.3 Å². The first-order valence-corrected chi connectivity index (χ1v) is 10.4. The van der Waals surface area contributed by atoms with Crippen LogP contribution in [0.15, 0.2) is 24.4 Å². The molecular weight excluding hydrogens is 442 g/mol. The molecule has 0 aliphatic carbocycles. The number of carbonyl (C=O) groups is 2. The Morgan fingerprint density at radius 3 is 2.36 bits per heavy atom.